The van der Waals surface area contributed by atoms with Crippen molar-refractivity contribution in [3.8, 4) is 0 Å². The zero-order valence-electron chi connectivity index (χ0n) is 12.8. The molecular formula is C22H14O. The van der Waals surface area contributed by atoms with Gasteiger partial charge in [0.05, 0.1) is 0 Å². The third-order valence-electron chi connectivity index (χ3n) is 4.89. The van der Waals surface area contributed by atoms with E-state index in [1.165, 1.54) is 37.7 Å². The largest absolute Gasteiger partial charge is 0.294 e. The van der Waals surface area contributed by atoms with Crippen molar-refractivity contribution in [3.63, 3.8) is 0 Å². The van der Waals surface area contributed by atoms with Gasteiger partial charge in [0, 0.05) is 5.56 Å². The quantitative estimate of drug-likeness (QED) is 0.212. The molecule has 0 N–H and O–H groups in total. The zero-order chi connectivity index (χ0) is 15.6. The van der Waals surface area contributed by atoms with Crippen molar-refractivity contribution in [3.05, 3.63) is 72.3 Å². The summed E-state index contributed by atoms with van der Waals surface area (Å²) in [5.74, 6) is 0.118. The smallest absolute Gasteiger partial charge is 0.160 e. The number of carbonyl (C=O) groups excluding carboxylic acids is 1. The first-order chi connectivity index (χ1) is 11.2. The Morgan fingerprint density at radius 3 is 2.22 bits per heavy atom. The Morgan fingerprint density at radius 2 is 1.35 bits per heavy atom. The molecule has 0 fully saturated rings. The fraction of sp³-hybridized carbons (Fsp3) is 0.0455. The highest BCUT2D eigenvalue weighted by Gasteiger charge is 2.14. The molecule has 1 nitrogen and oxygen atoms in total. The molecular weight excluding hydrogens is 280 g/mol. The highest BCUT2D eigenvalue weighted by Crippen LogP contribution is 2.39. The van der Waals surface area contributed by atoms with Crippen LogP contribution in [0.15, 0.2) is 66.7 Å². The molecule has 0 amide bonds. The lowest BCUT2D eigenvalue weighted by Gasteiger charge is -2.14. The number of carbonyl (C=O) groups is 1. The maximum absolute atomic E-state index is 12.0. The molecule has 0 atom stereocenters. The Labute approximate surface area is 133 Å². The molecule has 23 heavy (non-hydrogen) atoms. The minimum atomic E-state index is 0.118. The van der Waals surface area contributed by atoms with E-state index >= 15 is 0 Å². The molecule has 0 bridgehead atoms. The Hall–Kier alpha value is -2.93. The lowest BCUT2D eigenvalue weighted by atomic mass is 9.89. The average Bonchev–Trinajstić information content (AvgIpc) is 2.58. The number of benzene rings is 5. The van der Waals surface area contributed by atoms with Crippen LogP contribution in [0, 0.1) is 0 Å². The van der Waals surface area contributed by atoms with Crippen LogP contribution in [0.1, 0.15) is 17.3 Å². The second kappa shape index (κ2) is 4.30. The van der Waals surface area contributed by atoms with Crippen molar-refractivity contribution >= 4 is 48.9 Å². The van der Waals surface area contributed by atoms with Gasteiger partial charge in [-0.25, -0.2) is 0 Å². The Balaban J connectivity index is 2.14. The number of fused-ring (bicyclic) bond motifs is 2. The van der Waals surface area contributed by atoms with Crippen molar-refractivity contribution in [2.45, 2.75) is 6.92 Å². The third-order valence-corrected chi connectivity index (χ3v) is 4.89. The molecule has 1 heteroatoms. The Kier molecular flexibility index (Phi) is 2.35. The number of rotatable bonds is 1. The van der Waals surface area contributed by atoms with Crippen LogP contribution < -0.4 is 0 Å². The van der Waals surface area contributed by atoms with Crippen LogP contribution in [0.5, 0.6) is 0 Å². The van der Waals surface area contributed by atoms with E-state index in [-0.39, 0.29) is 5.78 Å². The summed E-state index contributed by atoms with van der Waals surface area (Å²) in [5, 5.41) is 9.74. The lowest BCUT2D eigenvalue weighted by Crippen LogP contribution is -1.95. The third kappa shape index (κ3) is 1.59. The summed E-state index contributed by atoms with van der Waals surface area (Å²) < 4.78 is 0. The van der Waals surface area contributed by atoms with Crippen molar-refractivity contribution in [1.29, 1.82) is 0 Å². The molecule has 0 saturated carbocycles. The van der Waals surface area contributed by atoms with Gasteiger partial charge in [-0.05, 0) is 56.1 Å². The number of Topliss-reactive ketones (excluding diaryl/α,β-unsaturated/α-hetero) is 1. The van der Waals surface area contributed by atoms with Crippen LogP contribution in [0.2, 0.25) is 0 Å². The summed E-state index contributed by atoms with van der Waals surface area (Å²) in [6.07, 6.45) is 0. The van der Waals surface area contributed by atoms with Crippen LogP contribution in [-0.2, 0) is 0 Å². The molecule has 5 rings (SSSR count). The molecule has 0 heterocycles. The zero-order valence-corrected chi connectivity index (χ0v) is 12.8. The van der Waals surface area contributed by atoms with Gasteiger partial charge in [0.15, 0.2) is 5.78 Å². The Bertz CT molecular complexity index is 1230. The molecule has 0 spiro atoms. The molecule has 0 aliphatic heterocycles. The summed E-state index contributed by atoms with van der Waals surface area (Å²) in [6.45, 7) is 1.64. The molecule has 0 aliphatic carbocycles. The standard InChI is InChI=1S/C22H14O/c1-13(23)17-9-8-14-6-7-16-12-15-4-2-3-5-18(15)20-11-10-19(17)21(14)22(16)20/h2-12H,1H3. The summed E-state index contributed by atoms with van der Waals surface area (Å²) in [4.78, 5) is 12.0. The normalized spacial score (nSPS) is 11.9. The Morgan fingerprint density at radius 1 is 0.652 bits per heavy atom. The fourth-order valence-corrected chi connectivity index (χ4v) is 3.86. The second-order valence-electron chi connectivity index (χ2n) is 6.19. The van der Waals surface area contributed by atoms with Crippen LogP contribution in [-0.4, -0.2) is 5.78 Å². The molecule has 0 aliphatic rings. The van der Waals surface area contributed by atoms with Gasteiger partial charge in [0.2, 0.25) is 0 Å². The average molecular weight is 294 g/mol. The minimum absolute atomic E-state index is 0.118. The van der Waals surface area contributed by atoms with E-state index < -0.39 is 0 Å². The summed E-state index contributed by atoms with van der Waals surface area (Å²) in [7, 11) is 0. The number of ketones is 1. The topological polar surface area (TPSA) is 17.1 Å². The van der Waals surface area contributed by atoms with Crippen molar-refractivity contribution in [2.75, 3.05) is 0 Å². The molecule has 0 radical (unpaired) electrons. The first kappa shape index (κ1) is 12.6. The second-order valence-corrected chi connectivity index (χ2v) is 6.19. The van der Waals surface area contributed by atoms with Gasteiger partial charge in [-0.3, -0.25) is 4.79 Å². The van der Waals surface area contributed by atoms with E-state index in [1.54, 1.807) is 6.92 Å². The van der Waals surface area contributed by atoms with Gasteiger partial charge >= 0.3 is 0 Å². The molecule has 0 unspecified atom stereocenters. The van der Waals surface area contributed by atoms with Gasteiger partial charge < -0.3 is 0 Å². The van der Waals surface area contributed by atoms with E-state index in [2.05, 4.69) is 60.7 Å². The molecule has 5 aromatic rings. The van der Waals surface area contributed by atoms with Crippen molar-refractivity contribution < 1.29 is 4.79 Å². The van der Waals surface area contributed by atoms with Crippen LogP contribution in [0.25, 0.3) is 43.1 Å². The van der Waals surface area contributed by atoms with E-state index in [1.807, 2.05) is 6.07 Å². The predicted octanol–water partition coefficient (Wildman–Crippen LogP) is 5.94. The fourth-order valence-electron chi connectivity index (χ4n) is 3.86. The first-order valence-corrected chi connectivity index (χ1v) is 7.84. The predicted molar refractivity (Wildman–Crippen MR) is 97.7 cm³/mol. The number of hydrogen-bond acceptors (Lipinski definition) is 1. The van der Waals surface area contributed by atoms with E-state index in [0.29, 0.717) is 0 Å². The molecule has 108 valence electrons. The molecule has 0 saturated heterocycles. The van der Waals surface area contributed by atoms with Gasteiger partial charge in [-0.2, -0.15) is 0 Å². The van der Waals surface area contributed by atoms with Crippen molar-refractivity contribution in [1.82, 2.24) is 0 Å². The van der Waals surface area contributed by atoms with E-state index in [0.717, 1.165) is 10.9 Å². The SMILES string of the molecule is CC(=O)c1ccc2ccc3cc4ccccc4c4ccc1c2c34. The van der Waals surface area contributed by atoms with Gasteiger partial charge in [0.25, 0.3) is 0 Å². The minimum Gasteiger partial charge on any atom is -0.294 e. The first-order valence-electron chi connectivity index (χ1n) is 7.84. The summed E-state index contributed by atoms with van der Waals surface area (Å²) in [5.41, 5.74) is 0.806. The monoisotopic (exact) mass is 294 g/mol. The maximum Gasteiger partial charge on any atom is 0.160 e. The van der Waals surface area contributed by atoms with Crippen molar-refractivity contribution in [2.24, 2.45) is 0 Å². The summed E-state index contributed by atoms with van der Waals surface area (Å²) >= 11 is 0. The lowest BCUT2D eigenvalue weighted by molar-refractivity contribution is 0.101. The molecule has 0 aromatic heterocycles. The molecule has 5 aromatic carbocycles. The van der Waals surface area contributed by atoms with Gasteiger partial charge in [-0.1, -0.05) is 60.7 Å². The van der Waals surface area contributed by atoms with Crippen LogP contribution in [0.4, 0.5) is 0 Å². The van der Waals surface area contributed by atoms with Crippen LogP contribution >= 0.6 is 0 Å². The van der Waals surface area contributed by atoms with Gasteiger partial charge in [-0.15, -0.1) is 0 Å². The van der Waals surface area contributed by atoms with Gasteiger partial charge in [0.1, 0.15) is 0 Å². The highest BCUT2D eigenvalue weighted by atomic mass is 16.1. The van der Waals surface area contributed by atoms with E-state index in [9.17, 15) is 4.79 Å². The highest BCUT2D eigenvalue weighted by molar-refractivity contribution is 6.30. The summed E-state index contributed by atoms with van der Waals surface area (Å²) in [6, 6.07) is 23.4. The van der Waals surface area contributed by atoms with E-state index in [4.69, 9.17) is 0 Å². The number of hydrogen-bond donors (Lipinski definition) is 0. The van der Waals surface area contributed by atoms with Crippen LogP contribution in [0.3, 0.4) is 0 Å². The maximum atomic E-state index is 12.0.